The molecule has 0 spiro atoms. The standard InChI is InChI=1S/C21H20N2O6S/c1-25-16-8-12(9-17(26-2)20(16)27-3)4-5-19(24)23-21-22-13-10-14-15(11-18(13)30-21)29-7-6-28-14/h4-5,8-11H,6-7H2,1-3H3,(H,22,23,24)/b5-4-. The Labute approximate surface area is 177 Å². The maximum absolute atomic E-state index is 12.4. The molecule has 1 aromatic heterocycles. The number of methoxy groups -OCH3 is 3. The molecule has 2 aromatic carbocycles. The first-order chi connectivity index (χ1) is 14.6. The molecule has 0 aliphatic carbocycles. The van der Waals surface area contributed by atoms with Crippen LogP contribution in [0.2, 0.25) is 0 Å². The zero-order valence-electron chi connectivity index (χ0n) is 16.7. The number of amides is 1. The molecule has 0 radical (unpaired) electrons. The predicted octanol–water partition coefficient (Wildman–Crippen LogP) is 3.75. The Bertz CT molecular complexity index is 1060. The monoisotopic (exact) mass is 428 g/mol. The molecular formula is C21H20N2O6S. The van der Waals surface area contributed by atoms with Crippen LogP contribution in [-0.2, 0) is 4.79 Å². The minimum Gasteiger partial charge on any atom is -0.493 e. The molecule has 3 aromatic rings. The first-order valence-electron chi connectivity index (χ1n) is 9.10. The van der Waals surface area contributed by atoms with Crippen LogP contribution in [0.3, 0.4) is 0 Å². The normalized spacial score (nSPS) is 12.8. The van der Waals surface area contributed by atoms with E-state index < -0.39 is 0 Å². The number of benzene rings is 2. The third-order valence-electron chi connectivity index (χ3n) is 4.40. The van der Waals surface area contributed by atoms with E-state index in [-0.39, 0.29) is 5.91 Å². The number of ether oxygens (including phenoxy) is 5. The van der Waals surface area contributed by atoms with Gasteiger partial charge >= 0.3 is 0 Å². The number of nitrogens with one attached hydrogen (secondary N) is 1. The van der Waals surface area contributed by atoms with Gasteiger partial charge in [0, 0.05) is 18.2 Å². The Balaban J connectivity index is 1.51. The average Bonchev–Trinajstić information content (AvgIpc) is 3.15. The fourth-order valence-electron chi connectivity index (χ4n) is 3.03. The van der Waals surface area contributed by atoms with Crippen LogP contribution in [-0.4, -0.2) is 45.4 Å². The van der Waals surface area contributed by atoms with E-state index in [1.807, 2.05) is 12.1 Å². The maximum atomic E-state index is 12.4. The summed E-state index contributed by atoms with van der Waals surface area (Å²) in [5, 5.41) is 3.28. The van der Waals surface area contributed by atoms with Crippen molar-refractivity contribution in [2.45, 2.75) is 0 Å². The summed E-state index contributed by atoms with van der Waals surface area (Å²) in [6.07, 6.45) is 3.08. The third kappa shape index (κ3) is 3.97. The molecule has 8 nitrogen and oxygen atoms in total. The summed E-state index contributed by atoms with van der Waals surface area (Å²) in [7, 11) is 4.62. The molecular weight excluding hydrogens is 408 g/mol. The van der Waals surface area contributed by atoms with Crippen LogP contribution in [0.1, 0.15) is 5.56 Å². The van der Waals surface area contributed by atoms with Gasteiger partial charge in [-0.25, -0.2) is 4.98 Å². The van der Waals surface area contributed by atoms with E-state index in [9.17, 15) is 4.79 Å². The lowest BCUT2D eigenvalue weighted by molar-refractivity contribution is -0.111. The summed E-state index contributed by atoms with van der Waals surface area (Å²) < 4.78 is 28.0. The quantitative estimate of drug-likeness (QED) is 0.598. The lowest BCUT2D eigenvalue weighted by atomic mass is 10.1. The van der Waals surface area contributed by atoms with Crippen LogP contribution in [0.15, 0.2) is 30.3 Å². The van der Waals surface area contributed by atoms with Crippen LogP contribution in [0.25, 0.3) is 16.3 Å². The Kier molecular flexibility index (Phi) is 5.62. The number of carbonyl (C=O) groups excluding carboxylic acids is 1. The van der Waals surface area contributed by atoms with E-state index in [1.54, 1.807) is 32.4 Å². The van der Waals surface area contributed by atoms with Gasteiger partial charge in [0.05, 0.1) is 31.5 Å². The van der Waals surface area contributed by atoms with E-state index in [1.165, 1.54) is 24.5 Å². The van der Waals surface area contributed by atoms with Gasteiger partial charge in [-0.1, -0.05) is 11.3 Å². The van der Waals surface area contributed by atoms with Gasteiger partial charge in [-0.15, -0.1) is 0 Å². The molecule has 0 bridgehead atoms. The minimum atomic E-state index is -0.305. The van der Waals surface area contributed by atoms with Crippen molar-refractivity contribution in [3.05, 3.63) is 35.9 Å². The Morgan fingerprint density at radius 3 is 2.33 bits per heavy atom. The Morgan fingerprint density at radius 1 is 1.03 bits per heavy atom. The van der Waals surface area contributed by atoms with E-state index in [4.69, 9.17) is 23.7 Å². The Hall–Kier alpha value is -3.46. The van der Waals surface area contributed by atoms with Gasteiger partial charge in [0.2, 0.25) is 11.7 Å². The number of hydrogen-bond acceptors (Lipinski definition) is 8. The minimum absolute atomic E-state index is 0.305. The highest BCUT2D eigenvalue weighted by Gasteiger charge is 2.16. The van der Waals surface area contributed by atoms with Crippen LogP contribution in [0.5, 0.6) is 28.7 Å². The molecule has 0 saturated heterocycles. The highest BCUT2D eigenvalue weighted by Crippen LogP contribution is 2.39. The molecule has 1 aliphatic rings. The van der Waals surface area contributed by atoms with E-state index >= 15 is 0 Å². The number of aromatic nitrogens is 1. The predicted molar refractivity (Wildman–Crippen MR) is 114 cm³/mol. The first-order valence-corrected chi connectivity index (χ1v) is 9.92. The zero-order valence-corrected chi connectivity index (χ0v) is 17.5. The van der Waals surface area contributed by atoms with Crippen LogP contribution < -0.4 is 29.0 Å². The second kappa shape index (κ2) is 8.50. The smallest absolute Gasteiger partial charge is 0.250 e. The maximum Gasteiger partial charge on any atom is 0.250 e. The van der Waals surface area contributed by atoms with Crippen LogP contribution in [0, 0.1) is 0 Å². The van der Waals surface area contributed by atoms with Gasteiger partial charge < -0.3 is 23.7 Å². The number of hydrogen-bond donors (Lipinski definition) is 1. The van der Waals surface area contributed by atoms with Gasteiger partial charge in [-0.05, 0) is 23.8 Å². The lowest BCUT2D eigenvalue weighted by Gasteiger charge is -2.17. The van der Waals surface area contributed by atoms with Crippen LogP contribution in [0.4, 0.5) is 5.13 Å². The first kappa shape index (κ1) is 19.8. The molecule has 0 fully saturated rings. The fraction of sp³-hybridized carbons (Fsp3) is 0.238. The summed E-state index contributed by atoms with van der Waals surface area (Å²) in [4.78, 5) is 16.8. The molecule has 30 heavy (non-hydrogen) atoms. The van der Waals surface area contributed by atoms with Gasteiger partial charge in [0.1, 0.15) is 13.2 Å². The van der Waals surface area contributed by atoms with Crippen molar-refractivity contribution in [3.63, 3.8) is 0 Å². The second-order valence-electron chi connectivity index (χ2n) is 6.26. The Morgan fingerprint density at radius 2 is 1.70 bits per heavy atom. The van der Waals surface area contributed by atoms with E-state index in [2.05, 4.69) is 10.3 Å². The van der Waals surface area contributed by atoms with Gasteiger partial charge in [-0.2, -0.15) is 0 Å². The van der Waals surface area contributed by atoms with E-state index in [0.717, 1.165) is 15.8 Å². The molecule has 2 heterocycles. The van der Waals surface area contributed by atoms with Crippen molar-refractivity contribution in [1.82, 2.24) is 4.98 Å². The lowest BCUT2D eigenvalue weighted by Crippen LogP contribution is -2.15. The number of carbonyl (C=O) groups is 1. The third-order valence-corrected chi connectivity index (χ3v) is 5.33. The highest BCUT2D eigenvalue weighted by atomic mass is 32.1. The van der Waals surface area contributed by atoms with Gasteiger partial charge in [0.25, 0.3) is 0 Å². The summed E-state index contributed by atoms with van der Waals surface area (Å²) in [5.74, 6) is 2.57. The van der Waals surface area contributed by atoms with Crippen molar-refractivity contribution in [1.29, 1.82) is 0 Å². The van der Waals surface area contributed by atoms with Crippen molar-refractivity contribution in [3.8, 4) is 28.7 Å². The molecule has 4 rings (SSSR count). The van der Waals surface area contributed by atoms with Crippen LogP contribution >= 0.6 is 11.3 Å². The second-order valence-corrected chi connectivity index (χ2v) is 7.29. The van der Waals surface area contributed by atoms with Crippen molar-refractivity contribution in [2.24, 2.45) is 0 Å². The molecule has 0 saturated carbocycles. The number of fused-ring (bicyclic) bond motifs is 2. The van der Waals surface area contributed by atoms with E-state index in [0.29, 0.717) is 47.1 Å². The summed E-state index contributed by atoms with van der Waals surface area (Å²) in [5.41, 5.74) is 1.47. The van der Waals surface area contributed by atoms with Gasteiger partial charge in [-0.3, -0.25) is 10.1 Å². The molecule has 1 aliphatic heterocycles. The molecule has 1 amide bonds. The summed E-state index contributed by atoms with van der Waals surface area (Å²) in [6, 6.07) is 7.21. The number of thiazole rings is 1. The number of anilines is 1. The molecule has 156 valence electrons. The van der Waals surface area contributed by atoms with Crippen molar-refractivity contribution in [2.75, 3.05) is 39.9 Å². The average molecular weight is 428 g/mol. The summed E-state index contributed by atoms with van der Waals surface area (Å²) >= 11 is 1.37. The highest BCUT2D eigenvalue weighted by molar-refractivity contribution is 7.22. The van der Waals surface area contributed by atoms with Gasteiger partial charge in [0.15, 0.2) is 28.1 Å². The topological polar surface area (TPSA) is 88.1 Å². The SMILES string of the molecule is COc1cc(/C=C\C(=O)Nc2nc3cc4c(cc3s2)OCCO4)cc(OC)c1OC. The number of rotatable bonds is 6. The van der Waals surface area contributed by atoms with Crippen molar-refractivity contribution >= 4 is 38.7 Å². The zero-order chi connectivity index (χ0) is 21.1. The molecule has 9 heteroatoms. The van der Waals surface area contributed by atoms with Crippen molar-refractivity contribution < 1.29 is 28.5 Å². The molecule has 0 atom stereocenters. The molecule has 0 unspecified atom stereocenters. The molecule has 1 N–H and O–H groups in total. The number of nitrogens with zero attached hydrogens (tertiary/aromatic N) is 1. The largest absolute Gasteiger partial charge is 0.493 e. The fourth-order valence-corrected chi connectivity index (χ4v) is 3.91. The summed E-state index contributed by atoms with van der Waals surface area (Å²) in [6.45, 7) is 1.03.